The number of hydrogen-bond acceptors (Lipinski definition) is 2. The van der Waals surface area contributed by atoms with Gasteiger partial charge >= 0.3 is 0 Å². The quantitative estimate of drug-likeness (QED) is 0.733. The summed E-state index contributed by atoms with van der Waals surface area (Å²) in [4.78, 5) is 0. The van der Waals surface area contributed by atoms with Gasteiger partial charge in [0.2, 0.25) is 0 Å². The van der Waals surface area contributed by atoms with Crippen molar-refractivity contribution < 1.29 is 1.37 Å². The molecule has 0 spiro atoms. The summed E-state index contributed by atoms with van der Waals surface area (Å²) < 4.78 is 10.4. The Labute approximate surface area is 122 Å². The highest BCUT2D eigenvalue weighted by Crippen LogP contribution is 2.43. The molecule has 0 fully saturated rings. The molecule has 94 valence electrons. The number of rotatable bonds is 0. The molecular formula is C16H13BrN2. The molecule has 2 nitrogen and oxygen atoms in total. The molecule has 1 atom stereocenters. The molecule has 19 heavy (non-hydrogen) atoms. The van der Waals surface area contributed by atoms with Gasteiger partial charge < -0.3 is 5.32 Å². The number of halogens is 1. The van der Waals surface area contributed by atoms with Gasteiger partial charge in [-0.3, -0.25) is 3.93 Å². The summed E-state index contributed by atoms with van der Waals surface area (Å²) >= 11 is 3.66. The zero-order chi connectivity index (χ0) is 13.7. The van der Waals surface area contributed by atoms with Crippen LogP contribution in [0.1, 0.15) is 12.5 Å². The highest BCUT2D eigenvalue weighted by atomic mass is 79.9. The Balaban J connectivity index is 1.89. The smallest absolute Gasteiger partial charge is 0.0557 e. The van der Waals surface area contributed by atoms with Gasteiger partial charge in [0.1, 0.15) is 0 Å². The minimum Gasteiger partial charge on any atom is -0.380 e. The van der Waals surface area contributed by atoms with Crippen LogP contribution in [0, 0.1) is 0 Å². The van der Waals surface area contributed by atoms with Gasteiger partial charge in [-0.05, 0) is 17.7 Å². The third-order valence-electron chi connectivity index (χ3n) is 3.70. The average Bonchev–Trinajstić information content (AvgIpc) is 2.96. The van der Waals surface area contributed by atoms with Crippen LogP contribution in [0.5, 0.6) is 0 Å². The number of para-hydroxylation sites is 2. The SMILES string of the molecule is [2H]C1Nc2ccccc2C1=C1Cc2ccccc2N1Br. The molecule has 2 aliphatic heterocycles. The van der Waals surface area contributed by atoms with E-state index in [-0.39, 0.29) is 0 Å². The lowest BCUT2D eigenvalue weighted by Gasteiger charge is -2.14. The lowest BCUT2D eigenvalue weighted by molar-refractivity contribution is 1.21. The molecule has 0 saturated heterocycles. The van der Waals surface area contributed by atoms with E-state index in [0.29, 0.717) is 0 Å². The van der Waals surface area contributed by atoms with E-state index in [1.807, 2.05) is 28.2 Å². The molecule has 0 aliphatic carbocycles. The lowest BCUT2D eigenvalue weighted by Crippen LogP contribution is -2.07. The Hall–Kier alpha value is -1.74. The summed E-state index contributed by atoms with van der Waals surface area (Å²) in [6.07, 6.45) is 0.863. The summed E-state index contributed by atoms with van der Waals surface area (Å²) in [6.45, 7) is -0.406. The van der Waals surface area contributed by atoms with Crippen LogP contribution in [0.3, 0.4) is 0 Å². The second-order valence-electron chi connectivity index (χ2n) is 4.78. The van der Waals surface area contributed by atoms with Crippen molar-refractivity contribution in [2.45, 2.75) is 6.42 Å². The molecule has 2 aliphatic rings. The van der Waals surface area contributed by atoms with Crippen molar-refractivity contribution in [2.75, 3.05) is 15.8 Å². The largest absolute Gasteiger partial charge is 0.380 e. The van der Waals surface area contributed by atoms with Crippen molar-refractivity contribution in [3.05, 3.63) is 65.4 Å². The van der Waals surface area contributed by atoms with Gasteiger partial charge in [0.05, 0.1) is 23.2 Å². The van der Waals surface area contributed by atoms with Crippen molar-refractivity contribution in [1.29, 1.82) is 0 Å². The number of fused-ring (bicyclic) bond motifs is 2. The molecule has 0 bridgehead atoms. The summed E-state index contributed by atoms with van der Waals surface area (Å²) in [5.74, 6) is 0. The fourth-order valence-electron chi connectivity index (χ4n) is 2.76. The molecule has 0 radical (unpaired) electrons. The third kappa shape index (κ3) is 1.61. The molecule has 3 heteroatoms. The molecule has 1 N–H and O–H groups in total. The Bertz CT molecular complexity index is 726. The zero-order valence-corrected chi connectivity index (χ0v) is 11.8. The standard InChI is InChI=1S/C16H13BrN2/c17-19-15-8-4-1-5-11(15)9-16(19)13-10-18-14-7-3-2-6-12(13)14/h1-8,18H,9-10H2/i10D. The second-order valence-corrected chi connectivity index (χ2v) is 5.49. The fraction of sp³-hybridized carbons (Fsp3) is 0.125. The summed E-state index contributed by atoms with van der Waals surface area (Å²) in [5, 5.41) is 3.23. The molecule has 0 saturated carbocycles. The van der Waals surface area contributed by atoms with Crippen molar-refractivity contribution in [3.8, 4) is 0 Å². The second kappa shape index (κ2) is 4.14. The van der Waals surface area contributed by atoms with Crippen LogP contribution in [0.2, 0.25) is 0 Å². The number of benzene rings is 2. The van der Waals surface area contributed by atoms with Crippen LogP contribution in [0.4, 0.5) is 11.4 Å². The predicted octanol–water partition coefficient (Wildman–Crippen LogP) is 4.20. The van der Waals surface area contributed by atoms with E-state index in [2.05, 4.69) is 45.7 Å². The monoisotopic (exact) mass is 313 g/mol. The van der Waals surface area contributed by atoms with Gasteiger partial charge in [-0.25, -0.2) is 0 Å². The molecule has 0 aromatic heterocycles. The van der Waals surface area contributed by atoms with Gasteiger partial charge in [-0.1, -0.05) is 36.4 Å². The maximum Gasteiger partial charge on any atom is 0.0557 e. The molecule has 4 rings (SSSR count). The van der Waals surface area contributed by atoms with E-state index >= 15 is 0 Å². The highest BCUT2D eigenvalue weighted by Gasteiger charge is 2.28. The fourth-order valence-corrected chi connectivity index (χ4v) is 3.42. The summed E-state index contributed by atoms with van der Waals surface area (Å²) in [7, 11) is 0. The Morgan fingerprint density at radius 3 is 2.79 bits per heavy atom. The first kappa shape index (κ1) is 10.1. The minimum atomic E-state index is -0.406. The van der Waals surface area contributed by atoms with Gasteiger partial charge in [0.25, 0.3) is 0 Å². The van der Waals surface area contributed by atoms with E-state index in [0.717, 1.165) is 28.9 Å². The maximum atomic E-state index is 8.32. The molecule has 0 amide bonds. The Morgan fingerprint density at radius 2 is 1.89 bits per heavy atom. The van der Waals surface area contributed by atoms with Gasteiger partial charge in [-0.2, -0.15) is 0 Å². The number of hydrogen-bond donors (Lipinski definition) is 1. The van der Waals surface area contributed by atoms with Gasteiger partial charge in [-0.15, -0.1) is 0 Å². The number of nitrogens with one attached hydrogen (secondary N) is 1. The molecule has 2 heterocycles. The van der Waals surface area contributed by atoms with Crippen LogP contribution in [0.25, 0.3) is 5.57 Å². The maximum absolute atomic E-state index is 8.32. The van der Waals surface area contributed by atoms with Crippen LogP contribution in [-0.4, -0.2) is 6.52 Å². The van der Waals surface area contributed by atoms with Crippen molar-refractivity contribution in [3.63, 3.8) is 0 Å². The Kier molecular flexibility index (Phi) is 2.20. The normalized spacial score (nSPS) is 24.8. The third-order valence-corrected chi connectivity index (χ3v) is 4.51. The van der Waals surface area contributed by atoms with Crippen molar-refractivity contribution in [1.82, 2.24) is 0 Å². The van der Waals surface area contributed by atoms with E-state index in [1.165, 1.54) is 11.3 Å². The average molecular weight is 314 g/mol. The van der Waals surface area contributed by atoms with Gasteiger partial charge in [0, 0.05) is 35.5 Å². The van der Waals surface area contributed by atoms with E-state index in [1.54, 1.807) is 0 Å². The van der Waals surface area contributed by atoms with E-state index in [4.69, 9.17) is 1.37 Å². The van der Waals surface area contributed by atoms with Crippen LogP contribution in [-0.2, 0) is 6.42 Å². The highest BCUT2D eigenvalue weighted by molar-refractivity contribution is 9.10. The number of nitrogens with zero attached hydrogens (tertiary/aromatic N) is 1. The van der Waals surface area contributed by atoms with Crippen molar-refractivity contribution >= 4 is 33.1 Å². The van der Waals surface area contributed by atoms with Crippen molar-refractivity contribution in [2.24, 2.45) is 0 Å². The first-order chi connectivity index (χ1) is 9.75. The first-order valence-electron chi connectivity index (χ1n) is 6.88. The molecular weight excluding hydrogens is 300 g/mol. The zero-order valence-electron chi connectivity index (χ0n) is 11.2. The summed E-state index contributed by atoms with van der Waals surface area (Å²) in [5.41, 5.74) is 6.87. The molecule has 2 aromatic rings. The predicted molar refractivity (Wildman–Crippen MR) is 83.4 cm³/mol. The molecule has 1 unspecified atom stereocenters. The molecule has 2 aromatic carbocycles. The topological polar surface area (TPSA) is 15.3 Å². The van der Waals surface area contributed by atoms with Crippen LogP contribution < -0.4 is 9.24 Å². The van der Waals surface area contributed by atoms with Gasteiger partial charge in [0.15, 0.2) is 0 Å². The van der Waals surface area contributed by atoms with E-state index < -0.39 is 6.52 Å². The lowest BCUT2D eigenvalue weighted by atomic mass is 10.0. The van der Waals surface area contributed by atoms with Crippen LogP contribution in [0.15, 0.2) is 54.2 Å². The Morgan fingerprint density at radius 1 is 1.11 bits per heavy atom. The minimum absolute atomic E-state index is 0.406. The van der Waals surface area contributed by atoms with E-state index in [9.17, 15) is 0 Å². The summed E-state index contributed by atoms with van der Waals surface area (Å²) in [6, 6.07) is 16.5. The first-order valence-corrected chi connectivity index (χ1v) is 7.01. The van der Waals surface area contributed by atoms with Crippen LogP contribution >= 0.6 is 16.1 Å². The number of allylic oxidation sites excluding steroid dienone is 1. The number of anilines is 2.